The quantitative estimate of drug-likeness (QED) is 0.0942. The van der Waals surface area contributed by atoms with Crippen LogP contribution in [0.15, 0.2) is 328 Å². The van der Waals surface area contributed by atoms with Gasteiger partial charge in [0.25, 0.3) is 0 Å². The van der Waals surface area contributed by atoms with Crippen LogP contribution in [-0.4, -0.2) is 31.4 Å². The van der Waals surface area contributed by atoms with Gasteiger partial charge in [-0.1, -0.05) is 241 Å². The summed E-state index contributed by atoms with van der Waals surface area (Å²) in [4.78, 5) is 5.14. The molecule has 0 bridgehead atoms. The maximum absolute atomic E-state index is 2.73. The lowest BCUT2D eigenvalue weighted by atomic mass is 9.32. The van der Waals surface area contributed by atoms with Crippen molar-refractivity contribution in [3.05, 3.63) is 328 Å². The lowest BCUT2D eigenvalue weighted by Crippen LogP contribution is -2.59. The summed E-state index contributed by atoms with van der Waals surface area (Å²) < 4.78 is 10.7. The number of rotatable bonds is 6. The maximum Gasteiger partial charge on any atom is 0.248 e. The molecular formula is C94H54B2N6. The molecule has 0 spiro atoms. The Labute approximate surface area is 585 Å². The van der Waals surface area contributed by atoms with Crippen LogP contribution in [-0.2, 0) is 0 Å². The predicted molar refractivity (Wildman–Crippen MR) is 432 cm³/mol. The van der Waals surface area contributed by atoms with E-state index in [9.17, 15) is 0 Å². The number of anilines is 6. The standard InChI is InChI=1S/C94H54B2N6/c1-7-27-55(28-8-1)81-61-39-23-45-67-83(61)87-85-63(81)41-25-49-71(85)101-75-52-76-74(51-73(75)99(59-35-15-5-16-36-59)79-53-77-91(89(87)93(79)101)95(67)65-43-19-21-47-69(65)97(77)57-31-11-3-12-32-57)100(60-37-17-6-18-38-60)80-54-78-92-90-88-84-62(82(56-29-9-2-10-30-56)64-42-26-50-72(86(64)88)102(76)94(80)90)40-24-46-68(84)96(92)66-44-20-22-48-70(66)98(78)58-33-13-4-14-34-58/h1-54H. The van der Waals surface area contributed by atoms with Gasteiger partial charge in [0.2, 0.25) is 13.4 Å². The third-order valence-electron chi connectivity index (χ3n) is 23.7. The van der Waals surface area contributed by atoms with Crippen LogP contribution >= 0.6 is 0 Å². The van der Waals surface area contributed by atoms with Gasteiger partial charge in [0.1, 0.15) is 0 Å². The summed E-state index contributed by atoms with van der Waals surface area (Å²) >= 11 is 0. The summed E-state index contributed by atoms with van der Waals surface area (Å²) in [5, 5.41) is 15.5. The van der Waals surface area contributed by atoms with Crippen molar-refractivity contribution in [2.75, 3.05) is 9.80 Å². The predicted octanol–water partition coefficient (Wildman–Crippen LogP) is 19.9. The van der Waals surface area contributed by atoms with Gasteiger partial charge in [-0.3, -0.25) is 0 Å². The van der Waals surface area contributed by atoms with Crippen molar-refractivity contribution in [1.29, 1.82) is 0 Å². The zero-order valence-electron chi connectivity index (χ0n) is 55.0. The number of benzene rings is 17. The molecule has 6 nitrogen and oxygen atoms in total. The lowest BCUT2D eigenvalue weighted by molar-refractivity contribution is 1.11. The largest absolute Gasteiger partial charge is 0.311 e. The van der Waals surface area contributed by atoms with Crippen LogP contribution in [0.1, 0.15) is 0 Å². The first-order chi connectivity index (χ1) is 50.7. The summed E-state index contributed by atoms with van der Waals surface area (Å²) in [5.41, 5.74) is 33.5. The van der Waals surface area contributed by atoms with Gasteiger partial charge < -0.3 is 27.7 Å². The SMILES string of the molecule is c1ccc(-c2c3cccc4c3c3c5c6c(cc7c5n(c5cccc2c35)c2cc3c(cc2n7-c2ccccc2)n(-c2ccccc2)c2cc5c7c8c9c%10c(cccc%10c(-c%10ccccc%10)c%10cccc(c%109)n3c82)B7c2ccccc2N5c2ccccc2)N(c2ccccc2)c2ccccc2B46)cc1. The van der Waals surface area contributed by atoms with Crippen molar-refractivity contribution in [3.63, 3.8) is 0 Å². The second-order valence-electron chi connectivity index (χ2n) is 28.4. The molecule has 8 heteroatoms. The Morgan fingerprint density at radius 2 is 0.539 bits per heavy atom. The van der Waals surface area contributed by atoms with Gasteiger partial charge in [0, 0.05) is 77.8 Å². The number of nitrogens with zero attached hydrogens (tertiary/aromatic N) is 6. The molecule has 4 aromatic heterocycles. The van der Waals surface area contributed by atoms with Gasteiger partial charge in [0.05, 0.1) is 55.2 Å². The van der Waals surface area contributed by atoms with E-state index < -0.39 is 0 Å². The van der Waals surface area contributed by atoms with E-state index in [1.54, 1.807) is 0 Å². The summed E-state index contributed by atoms with van der Waals surface area (Å²) in [6.45, 7) is -0.149. The van der Waals surface area contributed by atoms with Gasteiger partial charge in [-0.2, -0.15) is 0 Å². The monoisotopic (exact) mass is 1290 g/mol. The van der Waals surface area contributed by atoms with Crippen LogP contribution < -0.4 is 42.6 Å². The Kier molecular flexibility index (Phi) is 10.2. The van der Waals surface area contributed by atoms with Crippen molar-refractivity contribution < 1.29 is 0 Å². The summed E-state index contributed by atoms with van der Waals surface area (Å²) in [6, 6.07) is 125. The molecule has 0 aliphatic carbocycles. The summed E-state index contributed by atoms with van der Waals surface area (Å²) in [6.07, 6.45) is 0. The van der Waals surface area contributed by atoms with Gasteiger partial charge in [0.15, 0.2) is 0 Å². The Balaban J connectivity index is 0.970. The molecule has 0 atom stereocenters. The van der Waals surface area contributed by atoms with Gasteiger partial charge >= 0.3 is 0 Å². The molecule has 21 aromatic rings. The second-order valence-corrected chi connectivity index (χ2v) is 28.4. The number of fused-ring (bicyclic) bond motifs is 12. The molecule has 0 radical (unpaired) electrons. The summed E-state index contributed by atoms with van der Waals surface area (Å²) in [5.74, 6) is 0. The normalized spacial score (nSPS) is 13.4. The highest BCUT2D eigenvalue weighted by Gasteiger charge is 2.45. The Hall–Kier alpha value is -13.3. The zero-order valence-corrected chi connectivity index (χ0v) is 55.0. The topological polar surface area (TPSA) is 25.2 Å². The molecule has 466 valence electrons. The van der Waals surface area contributed by atoms with Crippen LogP contribution in [0.3, 0.4) is 0 Å². The van der Waals surface area contributed by atoms with E-state index in [0.717, 1.165) is 55.8 Å². The smallest absolute Gasteiger partial charge is 0.248 e. The fourth-order valence-corrected chi connectivity index (χ4v) is 20.2. The minimum absolute atomic E-state index is 0.0744. The average molecular weight is 1290 g/mol. The highest BCUT2D eigenvalue weighted by atomic mass is 15.2. The van der Waals surface area contributed by atoms with E-state index in [0.29, 0.717) is 0 Å². The van der Waals surface area contributed by atoms with Gasteiger partial charge in [-0.25, -0.2) is 0 Å². The Morgan fingerprint density at radius 3 is 0.951 bits per heavy atom. The number of aromatic nitrogens is 4. The number of pyridine rings is 2. The highest BCUT2D eigenvalue weighted by molar-refractivity contribution is 7.03. The number of para-hydroxylation sites is 6. The van der Waals surface area contributed by atoms with Crippen LogP contribution in [0, 0.1) is 0 Å². The number of hydrogen-bond acceptors (Lipinski definition) is 2. The van der Waals surface area contributed by atoms with Crippen LogP contribution in [0.4, 0.5) is 34.1 Å². The van der Waals surface area contributed by atoms with E-state index in [1.165, 1.54) is 164 Å². The van der Waals surface area contributed by atoms with E-state index in [-0.39, 0.29) is 13.4 Å². The molecule has 102 heavy (non-hydrogen) atoms. The summed E-state index contributed by atoms with van der Waals surface area (Å²) in [7, 11) is 0. The van der Waals surface area contributed by atoms with Gasteiger partial charge in [-0.15, -0.1) is 0 Å². The fraction of sp³-hybridized carbons (Fsp3) is 0. The average Bonchev–Trinajstić information content (AvgIpc) is 0.660. The van der Waals surface area contributed by atoms with E-state index >= 15 is 0 Å². The van der Waals surface area contributed by atoms with Crippen molar-refractivity contribution in [2.24, 2.45) is 0 Å². The third kappa shape index (κ3) is 6.51. The fourth-order valence-electron chi connectivity index (χ4n) is 20.2. The maximum atomic E-state index is 2.73. The molecule has 0 N–H and O–H groups in total. The third-order valence-corrected chi connectivity index (χ3v) is 23.7. The minimum atomic E-state index is -0.0744. The molecule has 4 aliphatic rings. The molecule has 0 saturated carbocycles. The van der Waals surface area contributed by atoms with E-state index in [2.05, 4.69) is 355 Å². The Bertz CT molecular complexity index is 6930. The molecule has 8 heterocycles. The second kappa shape index (κ2) is 19.3. The number of hydrogen-bond donors (Lipinski definition) is 0. The first-order valence-corrected chi connectivity index (χ1v) is 35.7. The van der Waals surface area contributed by atoms with Crippen molar-refractivity contribution in [1.82, 2.24) is 17.9 Å². The van der Waals surface area contributed by atoms with E-state index in [4.69, 9.17) is 0 Å². The minimum Gasteiger partial charge on any atom is -0.311 e. The molecule has 0 fully saturated rings. The van der Waals surface area contributed by atoms with Crippen LogP contribution in [0.2, 0.25) is 0 Å². The molecule has 17 aromatic carbocycles. The molecule has 0 saturated heterocycles. The van der Waals surface area contributed by atoms with Crippen LogP contribution in [0.25, 0.3) is 153 Å². The highest BCUT2D eigenvalue weighted by Crippen LogP contribution is 2.54. The molecular weight excluding hydrogens is 1230 g/mol. The Morgan fingerprint density at radius 1 is 0.206 bits per heavy atom. The lowest BCUT2D eigenvalue weighted by Gasteiger charge is -2.41. The molecule has 4 aliphatic heterocycles. The van der Waals surface area contributed by atoms with Gasteiger partial charge in [-0.05, 0) is 173 Å². The van der Waals surface area contributed by atoms with Crippen molar-refractivity contribution in [2.45, 2.75) is 0 Å². The molecule has 0 unspecified atom stereocenters. The van der Waals surface area contributed by atoms with Crippen molar-refractivity contribution >= 4 is 200 Å². The first kappa shape index (κ1) is 53.7. The molecule has 0 amide bonds. The van der Waals surface area contributed by atoms with Crippen molar-refractivity contribution in [3.8, 4) is 33.6 Å². The van der Waals surface area contributed by atoms with E-state index in [1.807, 2.05) is 0 Å². The molecule has 25 rings (SSSR count). The van der Waals surface area contributed by atoms with Crippen LogP contribution in [0.5, 0.6) is 0 Å². The first-order valence-electron chi connectivity index (χ1n) is 35.7. The zero-order chi connectivity index (χ0) is 65.9.